The monoisotopic (exact) mass is 387 g/mol. The van der Waals surface area contributed by atoms with Crippen molar-refractivity contribution in [3.05, 3.63) is 47.0 Å². The van der Waals surface area contributed by atoms with Gasteiger partial charge < -0.3 is 19.7 Å². The van der Waals surface area contributed by atoms with Crippen LogP contribution in [0.2, 0.25) is 0 Å². The van der Waals surface area contributed by atoms with Crippen LogP contribution in [0.25, 0.3) is 0 Å². The summed E-state index contributed by atoms with van der Waals surface area (Å²) in [5, 5.41) is 7.65. The molecule has 7 nitrogen and oxygen atoms in total. The number of hydrogen-bond donors (Lipinski definition) is 1. The van der Waals surface area contributed by atoms with Crippen molar-refractivity contribution in [3.8, 4) is 5.75 Å². The van der Waals surface area contributed by atoms with Gasteiger partial charge in [0.1, 0.15) is 11.6 Å². The number of likely N-dealkylation sites (tertiary alicyclic amines) is 1. The van der Waals surface area contributed by atoms with Gasteiger partial charge in [-0.25, -0.2) is 9.38 Å². The number of aromatic nitrogens is 2. The molecular formula is C20H26FN5O2. The first-order valence-corrected chi connectivity index (χ1v) is 9.67. The van der Waals surface area contributed by atoms with Gasteiger partial charge >= 0.3 is 0 Å². The summed E-state index contributed by atoms with van der Waals surface area (Å²) in [6, 6.07) is 2.96. The number of ether oxygens (including phenoxy) is 2. The third-order valence-corrected chi connectivity index (χ3v) is 5.17. The van der Waals surface area contributed by atoms with E-state index in [0.717, 1.165) is 43.1 Å². The van der Waals surface area contributed by atoms with Gasteiger partial charge in [0.05, 0.1) is 19.3 Å². The molecule has 0 amide bonds. The lowest BCUT2D eigenvalue weighted by molar-refractivity contribution is -0.0172. The molecule has 1 aromatic carbocycles. The molecule has 28 heavy (non-hydrogen) atoms. The van der Waals surface area contributed by atoms with Crippen LogP contribution in [0.15, 0.2) is 29.5 Å². The van der Waals surface area contributed by atoms with E-state index in [4.69, 9.17) is 14.5 Å². The zero-order chi connectivity index (χ0) is 19.5. The molecule has 8 heteroatoms. The van der Waals surface area contributed by atoms with E-state index in [2.05, 4.69) is 28.4 Å². The molecule has 2 aliphatic heterocycles. The minimum absolute atomic E-state index is 0.189. The molecule has 1 N–H and O–H groups in total. The second-order valence-electron chi connectivity index (χ2n) is 7.21. The lowest BCUT2D eigenvalue weighted by atomic mass is 10.0. The number of hydrogen-bond acceptors (Lipinski definition) is 4. The SMILES string of the molecule is CCNC(=NCc1cc(F)cc2c1OCOC2)N1CCC(c2cnn(C)c2)C1. The lowest BCUT2D eigenvalue weighted by Crippen LogP contribution is -2.40. The fourth-order valence-electron chi connectivity index (χ4n) is 3.84. The van der Waals surface area contributed by atoms with Gasteiger partial charge in [-0.1, -0.05) is 0 Å². The molecule has 0 aliphatic carbocycles. The third kappa shape index (κ3) is 3.96. The number of aliphatic imine (C=N–C) groups is 1. The Kier molecular flexibility index (Phi) is 5.47. The molecule has 0 bridgehead atoms. The van der Waals surface area contributed by atoms with E-state index in [9.17, 15) is 4.39 Å². The van der Waals surface area contributed by atoms with Crippen molar-refractivity contribution in [2.75, 3.05) is 26.4 Å². The Morgan fingerprint density at radius 2 is 2.32 bits per heavy atom. The fraction of sp³-hybridized carbons (Fsp3) is 0.500. The minimum atomic E-state index is -0.291. The van der Waals surface area contributed by atoms with Crippen molar-refractivity contribution in [1.82, 2.24) is 20.0 Å². The Morgan fingerprint density at radius 1 is 1.43 bits per heavy atom. The Labute approximate surface area is 164 Å². The molecule has 2 aliphatic rings. The van der Waals surface area contributed by atoms with E-state index in [1.807, 2.05) is 17.9 Å². The van der Waals surface area contributed by atoms with Gasteiger partial charge in [0, 0.05) is 49.9 Å². The number of fused-ring (bicyclic) bond motifs is 1. The zero-order valence-corrected chi connectivity index (χ0v) is 16.3. The summed E-state index contributed by atoms with van der Waals surface area (Å²) >= 11 is 0. The Hall–Kier alpha value is -2.61. The summed E-state index contributed by atoms with van der Waals surface area (Å²) in [5.74, 6) is 1.70. The highest BCUT2D eigenvalue weighted by atomic mass is 19.1. The van der Waals surface area contributed by atoms with Crippen LogP contribution < -0.4 is 10.1 Å². The van der Waals surface area contributed by atoms with Crippen LogP contribution in [0, 0.1) is 5.82 Å². The number of nitrogens with one attached hydrogen (secondary N) is 1. The summed E-state index contributed by atoms with van der Waals surface area (Å²) in [6.07, 6.45) is 5.08. The van der Waals surface area contributed by atoms with Crippen molar-refractivity contribution in [2.24, 2.45) is 12.0 Å². The lowest BCUT2D eigenvalue weighted by Gasteiger charge is -2.23. The smallest absolute Gasteiger partial charge is 0.194 e. The van der Waals surface area contributed by atoms with Crippen LogP contribution in [0.5, 0.6) is 5.75 Å². The number of benzene rings is 1. The quantitative estimate of drug-likeness (QED) is 0.645. The maximum absolute atomic E-state index is 14.0. The van der Waals surface area contributed by atoms with Crippen molar-refractivity contribution >= 4 is 5.96 Å². The first-order chi connectivity index (χ1) is 13.6. The summed E-state index contributed by atoms with van der Waals surface area (Å²) in [7, 11) is 1.94. The first-order valence-electron chi connectivity index (χ1n) is 9.67. The summed E-state index contributed by atoms with van der Waals surface area (Å²) in [5.41, 5.74) is 2.74. The molecule has 1 atom stereocenters. The predicted octanol–water partition coefficient (Wildman–Crippen LogP) is 2.38. The standard InChI is InChI=1S/C20H26FN5O2/c1-3-22-20(26-5-4-14(11-26)17-9-24-25(2)10-17)23-8-15-6-18(21)7-16-12-27-13-28-19(15)16/h6-7,9-10,14H,3-5,8,11-13H2,1-2H3,(H,22,23). The van der Waals surface area contributed by atoms with E-state index in [1.54, 1.807) is 0 Å². The molecule has 2 aromatic rings. The Morgan fingerprint density at radius 3 is 3.11 bits per heavy atom. The van der Waals surface area contributed by atoms with Crippen LogP contribution in [0.4, 0.5) is 4.39 Å². The summed E-state index contributed by atoms with van der Waals surface area (Å²) in [6.45, 7) is 5.56. The van der Waals surface area contributed by atoms with E-state index in [-0.39, 0.29) is 12.6 Å². The van der Waals surface area contributed by atoms with Crippen molar-refractivity contribution in [3.63, 3.8) is 0 Å². The summed E-state index contributed by atoms with van der Waals surface area (Å²) < 4.78 is 26.7. The maximum Gasteiger partial charge on any atom is 0.194 e. The molecule has 1 saturated heterocycles. The second kappa shape index (κ2) is 8.18. The number of guanidine groups is 1. The zero-order valence-electron chi connectivity index (χ0n) is 16.3. The van der Waals surface area contributed by atoms with E-state index in [1.165, 1.54) is 17.7 Å². The molecule has 0 saturated carbocycles. The van der Waals surface area contributed by atoms with Gasteiger partial charge in [-0.3, -0.25) is 4.68 Å². The highest BCUT2D eigenvalue weighted by molar-refractivity contribution is 5.80. The average Bonchev–Trinajstić information content (AvgIpc) is 3.34. The Bertz CT molecular complexity index is 866. The largest absolute Gasteiger partial charge is 0.467 e. The average molecular weight is 387 g/mol. The molecule has 4 rings (SSSR count). The van der Waals surface area contributed by atoms with Gasteiger partial charge in [0.2, 0.25) is 0 Å². The van der Waals surface area contributed by atoms with Crippen LogP contribution in [0.1, 0.15) is 36.0 Å². The molecule has 1 aromatic heterocycles. The minimum Gasteiger partial charge on any atom is -0.467 e. The number of nitrogens with zero attached hydrogens (tertiary/aromatic N) is 4. The normalized spacial score (nSPS) is 19.5. The number of halogens is 1. The van der Waals surface area contributed by atoms with Crippen LogP contribution in [-0.4, -0.2) is 47.1 Å². The van der Waals surface area contributed by atoms with Crippen molar-refractivity contribution < 1.29 is 13.9 Å². The summed E-state index contributed by atoms with van der Waals surface area (Å²) in [4.78, 5) is 7.03. The van der Waals surface area contributed by atoms with Gasteiger partial charge in [-0.05, 0) is 31.0 Å². The van der Waals surface area contributed by atoms with Gasteiger partial charge in [0.25, 0.3) is 0 Å². The highest BCUT2D eigenvalue weighted by Crippen LogP contribution is 2.30. The van der Waals surface area contributed by atoms with Crippen molar-refractivity contribution in [2.45, 2.75) is 32.4 Å². The van der Waals surface area contributed by atoms with E-state index < -0.39 is 0 Å². The molecule has 1 unspecified atom stereocenters. The first kappa shape index (κ1) is 18.7. The van der Waals surface area contributed by atoms with Crippen LogP contribution in [-0.2, 0) is 24.9 Å². The molecule has 3 heterocycles. The fourth-order valence-corrected chi connectivity index (χ4v) is 3.84. The van der Waals surface area contributed by atoms with Crippen LogP contribution >= 0.6 is 0 Å². The van der Waals surface area contributed by atoms with E-state index in [0.29, 0.717) is 24.8 Å². The topological polar surface area (TPSA) is 63.9 Å². The molecule has 0 spiro atoms. The molecular weight excluding hydrogens is 361 g/mol. The molecule has 1 fully saturated rings. The van der Waals surface area contributed by atoms with Crippen LogP contribution in [0.3, 0.4) is 0 Å². The Balaban J connectivity index is 1.51. The predicted molar refractivity (Wildman–Crippen MR) is 104 cm³/mol. The van der Waals surface area contributed by atoms with Gasteiger partial charge in [-0.15, -0.1) is 0 Å². The second-order valence-corrected chi connectivity index (χ2v) is 7.21. The van der Waals surface area contributed by atoms with Gasteiger partial charge in [0.15, 0.2) is 12.8 Å². The molecule has 0 radical (unpaired) electrons. The van der Waals surface area contributed by atoms with Crippen molar-refractivity contribution in [1.29, 1.82) is 0 Å². The van der Waals surface area contributed by atoms with Gasteiger partial charge in [-0.2, -0.15) is 5.10 Å². The number of rotatable bonds is 4. The van der Waals surface area contributed by atoms with E-state index >= 15 is 0 Å². The molecule has 150 valence electrons. The maximum atomic E-state index is 14.0. The highest BCUT2D eigenvalue weighted by Gasteiger charge is 2.27. The number of aryl methyl sites for hydroxylation is 1. The third-order valence-electron chi connectivity index (χ3n) is 5.17.